The Morgan fingerprint density at radius 3 is 2.53 bits per heavy atom. The first-order valence-corrected chi connectivity index (χ1v) is 10.4. The van der Waals surface area contributed by atoms with E-state index in [1.54, 1.807) is 7.11 Å². The molecular formula is C23H24ClN3O3. The number of nitrogens with one attached hydrogen (secondary N) is 1. The third-order valence-electron chi connectivity index (χ3n) is 5.30. The third-order valence-corrected chi connectivity index (χ3v) is 5.56. The van der Waals surface area contributed by atoms with E-state index in [1.165, 1.54) is 0 Å². The van der Waals surface area contributed by atoms with Gasteiger partial charge in [-0.1, -0.05) is 23.7 Å². The standard InChI is InChI=1S/C23H24ClN3O3/c1-3-30-14-4-13-27-22(16-5-9-17(24)10-6-16)19-20(25-26-21(19)23(27)28)15-7-11-18(29-2)12-8-15/h5-12,22H,3-4,13-14H2,1-2H3,(H,25,26)/t22-/m1/s1. The van der Waals surface area contributed by atoms with Crippen molar-refractivity contribution in [1.82, 2.24) is 15.1 Å². The normalized spacial score (nSPS) is 15.5. The van der Waals surface area contributed by atoms with Crippen LogP contribution in [0.2, 0.25) is 5.02 Å². The fraction of sp³-hybridized carbons (Fsp3) is 0.304. The minimum Gasteiger partial charge on any atom is -0.497 e. The van der Waals surface area contributed by atoms with Crippen LogP contribution in [0.1, 0.15) is 41.0 Å². The van der Waals surface area contributed by atoms with Gasteiger partial charge in [-0.3, -0.25) is 9.89 Å². The summed E-state index contributed by atoms with van der Waals surface area (Å²) in [6, 6.07) is 15.1. The Morgan fingerprint density at radius 2 is 1.87 bits per heavy atom. The molecule has 6 nitrogen and oxygen atoms in total. The van der Waals surface area contributed by atoms with Gasteiger partial charge < -0.3 is 14.4 Å². The van der Waals surface area contributed by atoms with Crippen LogP contribution in [0.15, 0.2) is 48.5 Å². The summed E-state index contributed by atoms with van der Waals surface area (Å²) in [5.74, 6) is 0.725. The zero-order chi connectivity index (χ0) is 21.1. The van der Waals surface area contributed by atoms with E-state index in [0.717, 1.165) is 34.6 Å². The maximum absolute atomic E-state index is 13.2. The van der Waals surface area contributed by atoms with Crippen molar-refractivity contribution < 1.29 is 14.3 Å². The largest absolute Gasteiger partial charge is 0.497 e. The molecule has 156 valence electrons. The zero-order valence-electron chi connectivity index (χ0n) is 17.0. The number of nitrogens with zero attached hydrogens (tertiary/aromatic N) is 2. The number of aromatic nitrogens is 2. The van der Waals surface area contributed by atoms with Gasteiger partial charge in [0.1, 0.15) is 11.4 Å². The van der Waals surface area contributed by atoms with Crippen molar-refractivity contribution >= 4 is 17.5 Å². The second kappa shape index (κ2) is 8.90. The number of hydrogen-bond donors (Lipinski definition) is 1. The summed E-state index contributed by atoms with van der Waals surface area (Å²) >= 11 is 6.11. The molecule has 1 N–H and O–H groups in total. The van der Waals surface area contributed by atoms with E-state index < -0.39 is 0 Å². The molecule has 7 heteroatoms. The second-order valence-electron chi connectivity index (χ2n) is 7.09. The molecule has 3 aromatic rings. The number of carbonyl (C=O) groups is 1. The molecule has 0 fully saturated rings. The number of benzene rings is 2. The Bertz CT molecular complexity index is 1020. The van der Waals surface area contributed by atoms with Gasteiger partial charge in [-0.25, -0.2) is 0 Å². The van der Waals surface area contributed by atoms with E-state index in [-0.39, 0.29) is 11.9 Å². The highest BCUT2D eigenvalue weighted by molar-refractivity contribution is 6.30. The summed E-state index contributed by atoms with van der Waals surface area (Å²) in [5, 5.41) is 8.12. The van der Waals surface area contributed by atoms with E-state index in [2.05, 4.69) is 10.2 Å². The fourth-order valence-electron chi connectivity index (χ4n) is 3.87. The van der Waals surface area contributed by atoms with Crippen molar-refractivity contribution in [3.63, 3.8) is 0 Å². The monoisotopic (exact) mass is 425 g/mol. The van der Waals surface area contributed by atoms with Gasteiger partial charge in [0.25, 0.3) is 5.91 Å². The van der Waals surface area contributed by atoms with Crippen molar-refractivity contribution in [2.75, 3.05) is 26.9 Å². The molecule has 0 spiro atoms. The number of fused-ring (bicyclic) bond motifs is 1. The summed E-state index contributed by atoms with van der Waals surface area (Å²) in [4.78, 5) is 15.1. The fourth-order valence-corrected chi connectivity index (χ4v) is 4.00. The molecule has 1 atom stereocenters. The summed E-state index contributed by atoms with van der Waals surface area (Å²) in [5.41, 5.74) is 4.13. The highest BCUT2D eigenvalue weighted by Crippen LogP contribution is 2.43. The molecule has 2 heterocycles. The summed E-state index contributed by atoms with van der Waals surface area (Å²) in [7, 11) is 1.64. The molecule has 0 radical (unpaired) electrons. The molecule has 1 aliphatic heterocycles. The average Bonchev–Trinajstić information content (AvgIpc) is 3.31. The van der Waals surface area contributed by atoms with E-state index in [1.807, 2.05) is 60.4 Å². The molecule has 0 aliphatic carbocycles. The van der Waals surface area contributed by atoms with Crippen molar-refractivity contribution in [2.45, 2.75) is 19.4 Å². The lowest BCUT2D eigenvalue weighted by molar-refractivity contribution is 0.0710. The van der Waals surface area contributed by atoms with Crippen molar-refractivity contribution in [1.29, 1.82) is 0 Å². The van der Waals surface area contributed by atoms with Crippen molar-refractivity contribution in [2.24, 2.45) is 0 Å². The SMILES string of the molecule is CCOCCCN1C(=O)c2[nH]nc(-c3ccc(OC)cc3)c2[C@H]1c1ccc(Cl)cc1. The molecule has 0 saturated heterocycles. The van der Waals surface area contributed by atoms with Crippen LogP contribution in [0.5, 0.6) is 5.75 Å². The molecule has 0 bridgehead atoms. The van der Waals surface area contributed by atoms with Crippen LogP contribution in [-0.2, 0) is 4.74 Å². The van der Waals surface area contributed by atoms with Gasteiger partial charge in [0.2, 0.25) is 0 Å². The lowest BCUT2D eigenvalue weighted by atomic mass is 9.96. The highest BCUT2D eigenvalue weighted by atomic mass is 35.5. The Balaban J connectivity index is 1.74. The number of halogens is 1. The predicted molar refractivity (Wildman–Crippen MR) is 116 cm³/mol. The van der Waals surface area contributed by atoms with Crippen LogP contribution in [0.25, 0.3) is 11.3 Å². The Morgan fingerprint density at radius 1 is 1.13 bits per heavy atom. The molecule has 1 aromatic heterocycles. The van der Waals surface area contributed by atoms with E-state index >= 15 is 0 Å². The first-order valence-electron chi connectivity index (χ1n) is 10.0. The zero-order valence-corrected chi connectivity index (χ0v) is 17.8. The maximum atomic E-state index is 13.2. The number of aromatic amines is 1. The summed E-state index contributed by atoms with van der Waals surface area (Å²) in [6.07, 6.45) is 0.763. The molecule has 0 unspecified atom stereocenters. The van der Waals surface area contributed by atoms with Gasteiger partial charge in [-0.15, -0.1) is 0 Å². The lowest BCUT2D eigenvalue weighted by Gasteiger charge is -2.26. The van der Waals surface area contributed by atoms with Crippen LogP contribution in [0, 0.1) is 0 Å². The van der Waals surface area contributed by atoms with Crippen molar-refractivity contribution in [3.05, 3.63) is 70.4 Å². The van der Waals surface area contributed by atoms with Gasteiger partial charge >= 0.3 is 0 Å². The molecular weight excluding hydrogens is 402 g/mol. The second-order valence-corrected chi connectivity index (χ2v) is 7.53. The van der Waals surface area contributed by atoms with Crippen LogP contribution >= 0.6 is 11.6 Å². The van der Waals surface area contributed by atoms with Crippen LogP contribution in [0.4, 0.5) is 0 Å². The minimum atomic E-state index is -0.234. The molecule has 30 heavy (non-hydrogen) atoms. The van der Waals surface area contributed by atoms with E-state index in [4.69, 9.17) is 21.1 Å². The Hall–Kier alpha value is -2.83. The van der Waals surface area contributed by atoms with Gasteiger partial charge in [0.15, 0.2) is 0 Å². The first-order chi connectivity index (χ1) is 14.6. The minimum absolute atomic E-state index is 0.0475. The number of ether oxygens (including phenoxy) is 2. The smallest absolute Gasteiger partial charge is 0.273 e. The van der Waals surface area contributed by atoms with E-state index in [0.29, 0.717) is 30.5 Å². The highest BCUT2D eigenvalue weighted by Gasteiger charge is 2.41. The number of hydrogen-bond acceptors (Lipinski definition) is 4. The first kappa shape index (κ1) is 20.4. The number of H-pyrrole nitrogens is 1. The summed E-state index contributed by atoms with van der Waals surface area (Å²) < 4.78 is 10.7. The number of methoxy groups -OCH3 is 1. The van der Waals surface area contributed by atoms with Crippen LogP contribution in [0.3, 0.4) is 0 Å². The molecule has 1 aliphatic rings. The quantitative estimate of drug-likeness (QED) is 0.531. The number of amides is 1. The molecule has 0 saturated carbocycles. The molecule has 2 aromatic carbocycles. The van der Waals surface area contributed by atoms with Gasteiger partial charge in [-0.2, -0.15) is 5.10 Å². The lowest BCUT2D eigenvalue weighted by Crippen LogP contribution is -2.31. The molecule has 4 rings (SSSR count). The molecule has 1 amide bonds. The van der Waals surface area contributed by atoms with Crippen LogP contribution < -0.4 is 4.74 Å². The topological polar surface area (TPSA) is 67.5 Å². The summed E-state index contributed by atoms with van der Waals surface area (Å²) in [6.45, 7) is 3.84. The number of rotatable bonds is 8. The average molecular weight is 426 g/mol. The Kier molecular flexibility index (Phi) is 6.06. The van der Waals surface area contributed by atoms with Gasteiger partial charge in [0, 0.05) is 35.9 Å². The van der Waals surface area contributed by atoms with Crippen LogP contribution in [-0.4, -0.2) is 47.9 Å². The Labute approximate surface area is 180 Å². The number of carbonyl (C=O) groups excluding carboxylic acids is 1. The predicted octanol–water partition coefficient (Wildman–Crippen LogP) is 4.71. The van der Waals surface area contributed by atoms with Gasteiger partial charge in [-0.05, 0) is 55.3 Å². The van der Waals surface area contributed by atoms with E-state index in [9.17, 15) is 4.79 Å². The third kappa shape index (κ3) is 3.80. The van der Waals surface area contributed by atoms with Gasteiger partial charge in [0.05, 0.1) is 18.8 Å². The maximum Gasteiger partial charge on any atom is 0.273 e. The van der Waals surface area contributed by atoms with Crippen molar-refractivity contribution in [3.8, 4) is 17.0 Å².